The summed E-state index contributed by atoms with van der Waals surface area (Å²) in [5.41, 5.74) is 5.17. The van der Waals surface area contributed by atoms with Gasteiger partial charge in [-0.25, -0.2) is 4.98 Å². The second kappa shape index (κ2) is 7.20. The minimum atomic E-state index is 0.0732. The SMILES string of the molecule is CC(=O)c1ccccc1CC(c1ccccc1)c1nc2ccccc2n1C. The topological polar surface area (TPSA) is 34.9 Å². The molecule has 0 aliphatic heterocycles. The van der Waals surface area contributed by atoms with Gasteiger partial charge in [-0.2, -0.15) is 0 Å². The van der Waals surface area contributed by atoms with Crippen LogP contribution in [0, 0.1) is 0 Å². The molecule has 0 aliphatic rings. The summed E-state index contributed by atoms with van der Waals surface area (Å²) in [6.45, 7) is 1.63. The number of rotatable bonds is 5. The van der Waals surface area contributed by atoms with Gasteiger partial charge in [-0.1, -0.05) is 66.7 Å². The molecule has 27 heavy (non-hydrogen) atoms. The zero-order chi connectivity index (χ0) is 18.8. The average Bonchev–Trinajstić information content (AvgIpc) is 3.03. The molecule has 4 aromatic rings. The lowest BCUT2D eigenvalue weighted by Crippen LogP contribution is -2.13. The molecule has 0 fully saturated rings. The van der Waals surface area contributed by atoms with Crippen LogP contribution >= 0.6 is 0 Å². The Bertz CT molecular complexity index is 1100. The van der Waals surface area contributed by atoms with Crippen LogP contribution in [-0.4, -0.2) is 15.3 Å². The molecule has 1 atom stereocenters. The van der Waals surface area contributed by atoms with Gasteiger partial charge < -0.3 is 4.57 Å². The number of hydrogen-bond donors (Lipinski definition) is 0. The van der Waals surface area contributed by atoms with E-state index in [-0.39, 0.29) is 11.7 Å². The average molecular weight is 354 g/mol. The normalized spacial score (nSPS) is 12.2. The molecule has 0 bridgehead atoms. The Morgan fingerprint density at radius 1 is 0.926 bits per heavy atom. The number of para-hydroxylation sites is 2. The first-order chi connectivity index (χ1) is 13.1. The summed E-state index contributed by atoms with van der Waals surface area (Å²) in [4.78, 5) is 17.0. The van der Waals surface area contributed by atoms with Gasteiger partial charge in [-0.3, -0.25) is 4.79 Å². The van der Waals surface area contributed by atoms with E-state index in [4.69, 9.17) is 4.98 Å². The van der Waals surface area contributed by atoms with Gasteiger partial charge in [0.25, 0.3) is 0 Å². The van der Waals surface area contributed by atoms with Crippen molar-refractivity contribution in [1.29, 1.82) is 0 Å². The van der Waals surface area contributed by atoms with Crippen LogP contribution in [0.25, 0.3) is 11.0 Å². The maximum Gasteiger partial charge on any atom is 0.160 e. The molecule has 134 valence electrons. The number of Topliss-reactive ketones (excluding diaryl/α,β-unsaturated/α-hetero) is 1. The number of nitrogens with zero attached hydrogens (tertiary/aromatic N) is 2. The monoisotopic (exact) mass is 354 g/mol. The van der Waals surface area contributed by atoms with Crippen LogP contribution in [-0.2, 0) is 13.5 Å². The van der Waals surface area contributed by atoms with E-state index in [9.17, 15) is 4.79 Å². The van der Waals surface area contributed by atoms with Gasteiger partial charge in [0.05, 0.1) is 11.0 Å². The second-order valence-electron chi connectivity index (χ2n) is 6.90. The number of fused-ring (bicyclic) bond motifs is 1. The molecule has 4 rings (SSSR count). The third-order valence-corrected chi connectivity index (χ3v) is 5.16. The molecule has 0 aliphatic carbocycles. The van der Waals surface area contributed by atoms with Gasteiger partial charge in [-0.05, 0) is 36.6 Å². The van der Waals surface area contributed by atoms with E-state index >= 15 is 0 Å². The lowest BCUT2D eigenvalue weighted by Gasteiger charge is -2.19. The molecule has 3 heteroatoms. The van der Waals surface area contributed by atoms with E-state index in [2.05, 4.69) is 48.0 Å². The summed E-state index contributed by atoms with van der Waals surface area (Å²) in [5.74, 6) is 1.19. The highest BCUT2D eigenvalue weighted by Gasteiger charge is 2.22. The van der Waals surface area contributed by atoms with E-state index in [1.54, 1.807) is 6.92 Å². The highest BCUT2D eigenvalue weighted by atomic mass is 16.1. The Kier molecular flexibility index (Phi) is 4.59. The number of carbonyl (C=O) groups is 1. The number of aromatic nitrogens is 2. The summed E-state index contributed by atoms with van der Waals surface area (Å²) in [7, 11) is 2.07. The molecule has 1 aromatic heterocycles. The molecule has 1 heterocycles. The van der Waals surface area contributed by atoms with Crippen LogP contribution in [0.15, 0.2) is 78.9 Å². The Labute approximate surface area is 159 Å². The van der Waals surface area contributed by atoms with Crippen molar-refractivity contribution in [3.05, 3.63) is 101 Å². The first-order valence-electron chi connectivity index (χ1n) is 9.20. The zero-order valence-electron chi connectivity index (χ0n) is 15.6. The van der Waals surface area contributed by atoms with Gasteiger partial charge in [0.15, 0.2) is 5.78 Å². The lowest BCUT2D eigenvalue weighted by molar-refractivity contribution is 0.101. The van der Waals surface area contributed by atoms with Crippen molar-refractivity contribution in [2.45, 2.75) is 19.3 Å². The largest absolute Gasteiger partial charge is 0.331 e. The molecular weight excluding hydrogens is 332 g/mol. The van der Waals surface area contributed by atoms with Crippen molar-refractivity contribution >= 4 is 16.8 Å². The Morgan fingerprint density at radius 2 is 1.59 bits per heavy atom. The van der Waals surface area contributed by atoms with E-state index in [0.717, 1.165) is 34.4 Å². The van der Waals surface area contributed by atoms with Gasteiger partial charge in [0, 0.05) is 18.5 Å². The Morgan fingerprint density at radius 3 is 2.33 bits per heavy atom. The molecule has 0 saturated carbocycles. The highest BCUT2D eigenvalue weighted by molar-refractivity contribution is 5.95. The first kappa shape index (κ1) is 17.2. The van der Waals surface area contributed by atoms with Gasteiger partial charge in [0.2, 0.25) is 0 Å². The van der Waals surface area contributed by atoms with Gasteiger partial charge >= 0.3 is 0 Å². The molecular formula is C24H22N2O. The number of aryl methyl sites for hydroxylation is 1. The molecule has 3 nitrogen and oxygen atoms in total. The maximum absolute atomic E-state index is 12.1. The number of ketones is 1. The van der Waals surface area contributed by atoms with E-state index in [1.807, 2.05) is 42.5 Å². The van der Waals surface area contributed by atoms with E-state index < -0.39 is 0 Å². The minimum Gasteiger partial charge on any atom is -0.331 e. The Balaban J connectivity index is 1.86. The molecule has 0 amide bonds. The fourth-order valence-corrected chi connectivity index (χ4v) is 3.78. The van der Waals surface area contributed by atoms with Gasteiger partial charge in [-0.15, -0.1) is 0 Å². The van der Waals surface area contributed by atoms with Crippen molar-refractivity contribution < 1.29 is 4.79 Å². The quantitative estimate of drug-likeness (QED) is 0.465. The van der Waals surface area contributed by atoms with Crippen LogP contribution in [0.2, 0.25) is 0 Å². The van der Waals surface area contributed by atoms with Crippen molar-refractivity contribution in [1.82, 2.24) is 9.55 Å². The summed E-state index contributed by atoms with van der Waals surface area (Å²) in [6.07, 6.45) is 0.733. The maximum atomic E-state index is 12.1. The smallest absolute Gasteiger partial charge is 0.160 e. The minimum absolute atomic E-state index is 0.0732. The Hall–Kier alpha value is -3.20. The summed E-state index contributed by atoms with van der Waals surface area (Å²) in [6, 6.07) is 26.5. The first-order valence-corrected chi connectivity index (χ1v) is 9.20. The molecule has 0 saturated heterocycles. The summed E-state index contributed by atoms with van der Waals surface area (Å²) in [5, 5.41) is 0. The third-order valence-electron chi connectivity index (χ3n) is 5.16. The van der Waals surface area contributed by atoms with Crippen molar-refractivity contribution in [2.75, 3.05) is 0 Å². The second-order valence-corrected chi connectivity index (χ2v) is 6.90. The fraction of sp³-hybridized carbons (Fsp3) is 0.167. The predicted octanol–water partition coefficient (Wildman–Crippen LogP) is 5.15. The summed E-state index contributed by atoms with van der Waals surface area (Å²) < 4.78 is 2.17. The van der Waals surface area contributed by atoms with Crippen LogP contribution in [0.5, 0.6) is 0 Å². The molecule has 0 spiro atoms. The van der Waals surface area contributed by atoms with Crippen LogP contribution < -0.4 is 0 Å². The number of benzene rings is 3. The van der Waals surface area contributed by atoms with Crippen molar-refractivity contribution in [2.24, 2.45) is 7.05 Å². The van der Waals surface area contributed by atoms with Crippen LogP contribution in [0.3, 0.4) is 0 Å². The predicted molar refractivity (Wildman–Crippen MR) is 109 cm³/mol. The fourth-order valence-electron chi connectivity index (χ4n) is 3.78. The highest BCUT2D eigenvalue weighted by Crippen LogP contribution is 2.31. The zero-order valence-corrected chi connectivity index (χ0v) is 15.6. The van der Waals surface area contributed by atoms with E-state index in [1.165, 1.54) is 5.56 Å². The third kappa shape index (κ3) is 3.28. The summed E-state index contributed by atoms with van der Waals surface area (Å²) >= 11 is 0. The van der Waals surface area contributed by atoms with Gasteiger partial charge in [0.1, 0.15) is 5.82 Å². The molecule has 0 radical (unpaired) electrons. The number of imidazole rings is 1. The van der Waals surface area contributed by atoms with Crippen LogP contribution in [0.1, 0.15) is 40.2 Å². The van der Waals surface area contributed by atoms with Crippen molar-refractivity contribution in [3.63, 3.8) is 0 Å². The molecule has 3 aromatic carbocycles. The van der Waals surface area contributed by atoms with E-state index in [0.29, 0.717) is 0 Å². The molecule has 1 unspecified atom stereocenters. The molecule has 0 N–H and O–H groups in total. The number of hydrogen-bond acceptors (Lipinski definition) is 2. The lowest BCUT2D eigenvalue weighted by atomic mass is 9.88. The van der Waals surface area contributed by atoms with Crippen molar-refractivity contribution in [3.8, 4) is 0 Å². The standard InChI is InChI=1S/C24H22N2O/c1-17(27)20-13-7-6-12-19(20)16-21(18-10-4-3-5-11-18)24-25-22-14-8-9-15-23(22)26(24)2/h3-15,21H,16H2,1-2H3. The number of carbonyl (C=O) groups excluding carboxylic acids is 1. The van der Waals surface area contributed by atoms with Crippen LogP contribution in [0.4, 0.5) is 0 Å².